The first kappa shape index (κ1) is 15.0. The lowest BCUT2D eigenvalue weighted by atomic mass is 10.2. The van der Waals surface area contributed by atoms with Crippen LogP contribution in [0.3, 0.4) is 0 Å². The van der Waals surface area contributed by atoms with Crippen LogP contribution in [0.1, 0.15) is 19.4 Å². The molecule has 0 atom stereocenters. The SMILES string of the molecule is CC(C)Cn1c(-c2csc(I)c2)nc2cc(CN)ccc21. The second-order valence-corrected chi connectivity index (χ2v) is 8.41. The number of nitrogens with two attached hydrogens (primary N) is 1. The number of hydrogen-bond acceptors (Lipinski definition) is 3. The molecule has 3 aromatic rings. The van der Waals surface area contributed by atoms with Gasteiger partial charge in [-0.3, -0.25) is 0 Å². The van der Waals surface area contributed by atoms with E-state index in [-0.39, 0.29) is 0 Å². The van der Waals surface area contributed by atoms with Gasteiger partial charge in [-0.1, -0.05) is 19.9 Å². The fourth-order valence-corrected chi connectivity index (χ4v) is 3.82. The molecule has 0 amide bonds. The number of thiophene rings is 1. The quantitative estimate of drug-likeness (QED) is 0.644. The number of benzene rings is 1. The van der Waals surface area contributed by atoms with E-state index in [0.717, 1.165) is 23.4 Å². The highest BCUT2D eigenvalue weighted by molar-refractivity contribution is 14.1. The number of halogens is 1. The summed E-state index contributed by atoms with van der Waals surface area (Å²) >= 11 is 4.12. The fourth-order valence-electron chi connectivity index (χ4n) is 2.50. The van der Waals surface area contributed by atoms with Crippen molar-refractivity contribution >= 4 is 45.0 Å². The zero-order valence-electron chi connectivity index (χ0n) is 12.1. The van der Waals surface area contributed by atoms with Crippen LogP contribution in [-0.2, 0) is 13.1 Å². The molecule has 0 unspecified atom stereocenters. The molecule has 5 heteroatoms. The van der Waals surface area contributed by atoms with Gasteiger partial charge < -0.3 is 10.3 Å². The maximum absolute atomic E-state index is 5.75. The Balaban J connectivity index is 2.21. The summed E-state index contributed by atoms with van der Waals surface area (Å²) in [6.45, 7) is 6.00. The van der Waals surface area contributed by atoms with Gasteiger partial charge in [-0.25, -0.2) is 4.98 Å². The van der Waals surface area contributed by atoms with Gasteiger partial charge in [-0.2, -0.15) is 0 Å². The Hall–Kier alpha value is -0.920. The molecule has 0 aliphatic rings. The van der Waals surface area contributed by atoms with Gasteiger partial charge in [0.25, 0.3) is 0 Å². The summed E-state index contributed by atoms with van der Waals surface area (Å²) < 4.78 is 3.62. The number of fused-ring (bicyclic) bond motifs is 1. The summed E-state index contributed by atoms with van der Waals surface area (Å²) in [4.78, 5) is 4.87. The minimum atomic E-state index is 0.554. The monoisotopic (exact) mass is 411 g/mol. The van der Waals surface area contributed by atoms with Crippen LogP contribution in [0.5, 0.6) is 0 Å². The van der Waals surface area contributed by atoms with Crippen molar-refractivity contribution in [3.05, 3.63) is 38.1 Å². The fraction of sp³-hybridized carbons (Fsp3) is 0.312. The Morgan fingerprint density at radius 3 is 2.76 bits per heavy atom. The topological polar surface area (TPSA) is 43.8 Å². The molecule has 0 bridgehead atoms. The summed E-state index contributed by atoms with van der Waals surface area (Å²) in [5.41, 5.74) is 10.3. The number of rotatable bonds is 4. The number of aromatic nitrogens is 2. The second kappa shape index (κ2) is 6.06. The van der Waals surface area contributed by atoms with Crippen molar-refractivity contribution in [1.29, 1.82) is 0 Å². The first-order valence-electron chi connectivity index (χ1n) is 7.02. The molecule has 0 spiro atoms. The van der Waals surface area contributed by atoms with E-state index in [1.165, 1.54) is 14.0 Å². The van der Waals surface area contributed by atoms with Gasteiger partial charge in [0, 0.05) is 24.0 Å². The maximum Gasteiger partial charge on any atom is 0.142 e. The standard InChI is InChI=1S/C16H18IN3S/c1-10(2)8-20-14-4-3-11(7-18)5-13(14)19-16(20)12-6-15(17)21-9-12/h3-6,9-10H,7-8,18H2,1-2H3. The smallest absolute Gasteiger partial charge is 0.142 e. The molecule has 0 aliphatic heterocycles. The third-order valence-electron chi connectivity index (χ3n) is 3.42. The molecular weight excluding hydrogens is 393 g/mol. The largest absolute Gasteiger partial charge is 0.326 e. The van der Waals surface area contributed by atoms with Gasteiger partial charge in [0.15, 0.2) is 0 Å². The van der Waals surface area contributed by atoms with E-state index in [1.807, 2.05) is 0 Å². The number of imidazole rings is 1. The molecule has 0 radical (unpaired) electrons. The van der Waals surface area contributed by atoms with E-state index in [1.54, 1.807) is 11.3 Å². The van der Waals surface area contributed by atoms with Crippen LogP contribution in [0.25, 0.3) is 22.4 Å². The molecule has 0 aliphatic carbocycles. The molecular formula is C16H18IN3S. The van der Waals surface area contributed by atoms with Gasteiger partial charge in [0.1, 0.15) is 5.82 Å². The summed E-state index contributed by atoms with van der Waals surface area (Å²) in [7, 11) is 0. The molecule has 1 aromatic carbocycles. The Morgan fingerprint density at radius 2 is 2.14 bits per heavy atom. The third kappa shape index (κ3) is 3.00. The van der Waals surface area contributed by atoms with Crippen molar-refractivity contribution in [1.82, 2.24) is 9.55 Å². The van der Waals surface area contributed by atoms with Gasteiger partial charge in [-0.15, -0.1) is 11.3 Å². The lowest BCUT2D eigenvalue weighted by molar-refractivity contribution is 0.536. The molecule has 110 valence electrons. The number of nitrogens with zero attached hydrogens (tertiary/aromatic N) is 2. The van der Waals surface area contributed by atoms with Gasteiger partial charge in [0.05, 0.1) is 13.9 Å². The average Bonchev–Trinajstić information content (AvgIpc) is 3.02. The van der Waals surface area contributed by atoms with E-state index in [2.05, 4.69) is 70.7 Å². The average molecular weight is 411 g/mol. The lowest BCUT2D eigenvalue weighted by Crippen LogP contribution is -2.06. The predicted octanol–water partition coefficient (Wildman–Crippen LogP) is 4.48. The predicted molar refractivity (Wildman–Crippen MR) is 98.5 cm³/mol. The highest BCUT2D eigenvalue weighted by Gasteiger charge is 2.15. The second-order valence-electron chi connectivity index (χ2n) is 5.61. The summed E-state index contributed by atoms with van der Waals surface area (Å²) in [6.07, 6.45) is 0. The van der Waals surface area contributed by atoms with E-state index in [0.29, 0.717) is 12.5 Å². The highest BCUT2D eigenvalue weighted by Crippen LogP contribution is 2.30. The van der Waals surface area contributed by atoms with E-state index in [4.69, 9.17) is 10.7 Å². The lowest BCUT2D eigenvalue weighted by Gasteiger charge is -2.11. The van der Waals surface area contributed by atoms with Crippen molar-refractivity contribution in [2.45, 2.75) is 26.9 Å². The minimum Gasteiger partial charge on any atom is -0.326 e. The van der Waals surface area contributed by atoms with E-state index < -0.39 is 0 Å². The Morgan fingerprint density at radius 1 is 1.33 bits per heavy atom. The summed E-state index contributed by atoms with van der Waals surface area (Å²) in [5.74, 6) is 1.64. The minimum absolute atomic E-state index is 0.554. The molecule has 2 heterocycles. The van der Waals surface area contributed by atoms with Crippen LogP contribution in [0.4, 0.5) is 0 Å². The molecule has 0 saturated carbocycles. The highest BCUT2D eigenvalue weighted by atomic mass is 127. The molecule has 0 fully saturated rings. The van der Waals surface area contributed by atoms with Crippen LogP contribution in [0.15, 0.2) is 29.6 Å². The van der Waals surface area contributed by atoms with Gasteiger partial charge in [-0.05, 0) is 52.3 Å². The van der Waals surface area contributed by atoms with Crippen molar-refractivity contribution in [2.75, 3.05) is 0 Å². The summed E-state index contributed by atoms with van der Waals surface area (Å²) in [5, 5.41) is 2.18. The summed E-state index contributed by atoms with van der Waals surface area (Å²) in [6, 6.07) is 8.55. The van der Waals surface area contributed by atoms with Crippen molar-refractivity contribution in [3.8, 4) is 11.4 Å². The maximum atomic E-state index is 5.75. The molecule has 2 N–H and O–H groups in total. The molecule has 2 aromatic heterocycles. The third-order valence-corrected chi connectivity index (χ3v) is 5.21. The Bertz CT molecular complexity index is 773. The molecule has 0 saturated heterocycles. The van der Waals surface area contributed by atoms with Gasteiger partial charge in [0.2, 0.25) is 0 Å². The Labute approximate surface area is 142 Å². The first-order valence-corrected chi connectivity index (χ1v) is 8.98. The van der Waals surface area contributed by atoms with Crippen LogP contribution in [0.2, 0.25) is 0 Å². The van der Waals surface area contributed by atoms with Crippen LogP contribution in [0, 0.1) is 8.80 Å². The molecule has 21 heavy (non-hydrogen) atoms. The molecule has 3 nitrogen and oxygen atoms in total. The Kier molecular flexibility index (Phi) is 4.33. The number of hydrogen-bond donors (Lipinski definition) is 1. The van der Waals surface area contributed by atoms with Crippen LogP contribution < -0.4 is 5.73 Å². The van der Waals surface area contributed by atoms with Crippen molar-refractivity contribution in [3.63, 3.8) is 0 Å². The zero-order chi connectivity index (χ0) is 15.0. The van der Waals surface area contributed by atoms with E-state index >= 15 is 0 Å². The van der Waals surface area contributed by atoms with Crippen LogP contribution in [-0.4, -0.2) is 9.55 Å². The normalized spacial score (nSPS) is 11.7. The van der Waals surface area contributed by atoms with Crippen molar-refractivity contribution in [2.24, 2.45) is 11.7 Å². The zero-order valence-corrected chi connectivity index (χ0v) is 15.1. The van der Waals surface area contributed by atoms with E-state index in [9.17, 15) is 0 Å². The van der Waals surface area contributed by atoms with Gasteiger partial charge >= 0.3 is 0 Å². The van der Waals surface area contributed by atoms with Crippen molar-refractivity contribution < 1.29 is 0 Å². The molecule has 3 rings (SSSR count). The first-order chi connectivity index (χ1) is 10.1. The van der Waals surface area contributed by atoms with Crippen LogP contribution >= 0.6 is 33.9 Å².